The summed E-state index contributed by atoms with van der Waals surface area (Å²) in [4.78, 5) is 36.9. The van der Waals surface area contributed by atoms with Gasteiger partial charge in [0.25, 0.3) is 0 Å². The minimum atomic E-state index is -1.00. The van der Waals surface area contributed by atoms with Crippen LogP contribution < -0.4 is 0 Å². The molecule has 0 saturated heterocycles. The van der Waals surface area contributed by atoms with Crippen LogP contribution in [0.2, 0.25) is 0 Å². The Kier molecular flexibility index (Phi) is 3.68. The molecule has 78 valence electrons. The number of pyridine rings is 1. The van der Waals surface area contributed by atoms with Crippen molar-refractivity contribution in [2.45, 2.75) is 6.42 Å². The summed E-state index contributed by atoms with van der Waals surface area (Å²) < 4.78 is 4.20. The van der Waals surface area contributed by atoms with E-state index < -0.39 is 24.0 Å². The van der Waals surface area contributed by atoms with E-state index in [-0.39, 0.29) is 0 Å². The molecule has 0 atom stereocenters. The van der Waals surface area contributed by atoms with Crippen molar-refractivity contribution in [2.75, 3.05) is 7.11 Å². The van der Waals surface area contributed by atoms with Crippen molar-refractivity contribution >= 4 is 17.5 Å². The van der Waals surface area contributed by atoms with Gasteiger partial charge in [0, 0.05) is 18.0 Å². The normalized spacial score (nSPS) is 9.40. The van der Waals surface area contributed by atoms with Crippen molar-refractivity contribution in [3.05, 3.63) is 30.1 Å². The molecule has 0 spiro atoms. The van der Waals surface area contributed by atoms with Crippen molar-refractivity contribution in [1.82, 2.24) is 4.98 Å². The standard InChI is InChI=1S/C10H9NO4/c1-15-10(14)9(13)6-8(12)7-2-4-11-5-3-7/h2-5H,6H2,1H3. The van der Waals surface area contributed by atoms with Crippen LogP contribution in [0.4, 0.5) is 0 Å². The number of methoxy groups -OCH3 is 1. The first-order valence-electron chi connectivity index (χ1n) is 4.19. The van der Waals surface area contributed by atoms with Gasteiger partial charge >= 0.3 is 5.97 Å². The zero-order valence-corrected chi connectivity index (χ0v) is 8.10. The summed E-state index contributed by atoms with van der Waals surface area (Å²) in [5.74, 6) is -2.27. The number of rotatable bonds is 4. The lowest BCUT2D eigenvalue weighted by molar-refractivity contribution is -0.151. The average Bonchev–Trinajstić information content (AvgIpc) is 2.29. The number of esters is 1. The van der Waals surface area contributed by atoms with Gasteiger partial charge in [-0.25, -0.2) is 4.79 Å². The molecule has 1 rings (SSSR count). The average molecular weight is 207 g/mol. The molecule has 0 amide bonds. The van der Waals surface area contributed by atoms with Crippen LogP contribution in [-0.2, 0) is 14.3 Å². The number of Topliss-reactive ketones (excluding diaryl/α,β-unsaturated/α-hetero) is 2. The minimum absolute atomic E-state index is 0.349. The van der Waals surface area contributed by atoms with Gasteiger partial charge in [-0.3, -0.25) is 14.6 Å². The van der Waals surface area contributed by atoms with E-state index in [0.717, 1.165) is 7.11 Å². The monoisotopic (exact) mass is 207 g/mol. The maximum absolute atomic E-state index is 11.4. The molecule has 1 aromatic rings. The van der Waals surface area contributed by atoms with E-state index in [2.05, 4.69) is 9.72 Å². The molecule has 0 saturated carbocycles. The summed E-state index contributed by atoms with van der Waals surface area (Å²) in [5, 5.41) is 0. The van der Waals surface area contributed by atoms with Crippen LogP contribution in [0.25, 0.3) is 0 Å². The highest BCUT2D eigenvalue weighted by Crippen LogP contribution is 2.02. The smallest absolute Gasteiger partial charge is 0.374 e. The van der Waals surface area contributed by atoms with Crippen molar-refractivity contribution in [2.24, 2.45) is 0 Å². The van der Waals surface area contributed by atoms with Crippen LogP contribution in [0.3, 0.4) is 0 Å². The topological polar surface area (TPSA) is 73.3 Å². The van der Waals surface area contributed by atoms with E-state index in [1.807, 2.05) is 0 Å². The Bertz CT molecular complexity index is 386. The predicted octanol–water partition coefficient (Wildman–Crippen LogP) is 0.396. The first-order valence-corrected chi connectivity index (χ1v) is 4.19. The lowest BCUT2D eigenvalue weighted by Gasteiger charge is -1.98. The summed E-state index contributed by atoms with van der Waals surface area (Å²) in [7, 11) is 1.09. The lowest BCUT2D eigenvalue weighted by Crippen LogP contribution is -2.19. The second kappa shape index (κ2) is 4.99. The predicted molar refractivity (Wildman–Crippen MR) is 50.2 cm³/mol. The van der Waals surface area contributed by atoms with Gasteiger partial charge in [0.2, 0.25) is 5.78 Å². The number of ether oxygens (including phenoxy) is 1. The zero-order valence-electron chi connectivity index (χ0n) is 8.10. The molecule has 1 aromatic heterocycles. The molecule has 15 heavy (non-hydrogen) atoms. The minimum Gasteiger partial charge on any atom is -0.463 e. The molecule has 0 aliphatic heterocycles. The van der Waals surface area contributed by atoms with Gasteiger partial charge in [0.1, 0.15) is 0 Å². The molecule has 0 aliphatic rings. The quantitative estimate of drug-likeness (QED) is 0.309. The molecule has 5 nitrogen and oxygen atoms in total. The van der Waals surface area contributed by atoms with Crippen LogP contribution in [-0.4, -0.2) is 29.6 Å². The van der Waals surface area contributed by atoms with E-state index in [1.165, 1.54) is 24.5 Å². The molecule has 0 unspecified atom stereocenters. The number of carbonyl (C=O) groups is 3. The fourth-order valence-electron chi connectivity index (χ4n) is 0.972. The van der Waals surface area contributed by atoms with Gasteiger partial charge in [0.15, 0.2) is 5.78 Å². The third-order valence-electron chi connectivity index (χ3n) is 1.74. The number of nitrogens with zero attached hydrogens (tertiary/aromatic N) is 1. The van der Waals surface area contributed by atoms with Gasteiger partial charge in [-0.1, -0.05) is 0 Å². The second-order valence-electron chi connectivity index (χ2n) is 2.75. The Balaban J connectivity index is 2.65. The van der Waals surface area contributed by atoms with Crippen LogP contribution in [0, 0.1) is 0 Å². The van der Waals surface area contributed by atoms with Gasteiger partial charge in [-0.15, -0.1) is 0 Å². The number of hydrogen-bond donors (Lipinski definition) is 0. The van der Waals surface area contributed by atoms with Gasteiger partial charge in [-0.05, 0) is 12.1 Å². The number of hydrogen-bond acceptors (Lipinski definition) is 5. The van der Waals surface area contributed by atoms with Crippen molar-refractivity contribution in [1.29, 1.82) is 0 Å². The van der Waals surface area contributed by atoms with E-state index in [0.29, 0.717) is 5.56 Å². The Morgan fingerprint density at radius 2 is 1.87 bits per heavy atom. The van der Waals surface area contributed by atoms with Crippen molar-refractivity contribution in [3.63, 3.8) is 0 Å². The van der Waals surface area contributed by atoms with E-state index in [1.54, 1.807) is 0 Å². The Hall–Kier alpha value is -2.04. The molecular weight excluding hydrogens is 198 g/mol. The number of aromatic nitrogens is 1. The van der Waals surface area contributed by atoms with Crippen LogP contribution >= 0.6 is 0 Å². The fraction of sp³-hybridized carbons (Fsp3) is 0.200. The Labute approximate surface area is 86.1 Å². The summed E-state index contributed by atoms with van der Waals surface area (Å²) in [6, 6.07) is 2.96. The molecular formula is C10H9NO4. The van der Waals surface area contributed by atoms with Gasteiger partial charge < -0.3 is 4.74 Å². The van der Waals surface area contributed by atoms with Crippen molar-refractivity contribution in [3.8, 4) is 0 Å². The van der Waals surface area contributed by atoms with E-state index in [4.69, 9.17) is 0 Å². The molecule has 0 aromatic carbocycles. The van der Waals surface area contributed by atoms with Gasteiger partial charge in [0.05, 0.1) is 13.5 Å². The van der Waals surface area contributed by atoms with E-state index >= 15 is 0 Å². The Morgan fingerprint density at radius 3 is 2.40 bits per heavy atom. The lowest BCUT2D eigenvalue weighted by atomic mass is 10.1. The molecule has 0 bridgehead atoms. The van der Waals surface area contributed by atoms with Crippen LogP contribution in [0.1, 0.15) is 16.8 Å². The van der Waals surface area contributed by atoms with Crippen LogP contribution in [0.5, 0.6) is 0 Å². The van der Waals surface area contributed by atoms with Crippen molar-refractivity contribution < 1.29 is 19.1 Å². The zero-order chi connectivity index (χ0) is 11.3. The number of ketones is 2. The van der Waals surface area contributed by atoms with Gasteiger partial charge in [-0.2, -0.15) is 0 Å². The molecule has 0 fully saturated rings. The van der Waals surface area contributed by atoms with Crippen LogP contribution in [0.15, 0.2) is 24.5 Å². The Morgan fingerprint density at radius 1 is 1.27 bits per heavy atom. The maximum atomic E-state index is 11.4. The molecule has 1 heterocycles. The largest absolute Gasteiger partial charge is 0.463 e. The summed E-state index contributed by atoms with van der Waals surface area (Å²) in [6.07, 6.45) is 2.41. The second-order valence-corrected chi connectivity index (χ2v) is 2.75. The third kappa shape index (κ3) is 2.98. The number of carbonyl (C=O) groups excluding carboxylic acids is 3. The highest BCUT2D eigenvalue weighted by atomic mass is 16.5. The SMILES string of the molecule is COC(=O)C(=O)CC(=O)c1ccncc1. The summed E-state index contributed by atoms with van der Waals surface area (Å²) >= 11 is 0. The summed E-state index contributed by atoms with van der Waals surface area (Å²) in [6.45, 7) is 0. The molecule has 5 heteroatoms. The molecule has 0 N–H and O–H groups in total. The highest BCUT2D eigenvalue weighted by Gasteiger charge is 2.18. The molecule has 0 aliphatic carbocycles. The maximum Gasteiger partial charge on any atom is 0.374 e. The summed E-state index contributed by atoms with van der Waals surface area (Å²) in [5.41, 5.74) is 0.349. The molecule has 0 radical (unpaired) electrons. The highest BCUT2D eigenvalue weighted by molar-refractivity contribution is 6.38. The fourth-order valence-corrected chi connectivity index (χ4v) is 0.972. The third-order valence-corrected chi connectivity index (χ3v) is 1.74. The van der Waals surface area contributed by atoms with E-state index in [9.17, 15) is 14.4 Å². The first-order chi connectivity index (χ1) is 7.15. The first kappa shape index (κ1) is 11.0.